The molecule has 7 rings (SSSR count). The first-order valence-corrected chi connectivity index (χ1v) is 17.3. The molecule has 0 unspecified atom stereocenters. The number of hydrogen-bond acceptors (Lipinski definition) is 7. The minimum Gasteiger partial charge on any atom is -0.444 e. The fourth-order valence-corrected chi connectivity index (χ4v) is 7.31. The molecule has 0 atom stereocenters. The average molecular weight is 662 g/mol. The quantitative estimate of drug-likeness (QED) is 0.242. The van der Waals surface area contributed by atoms with Gasteiger partial charge in [0.05, 0.1) is 5.69 Å². The Morgan fingerprint density at radius 3 is 2.39 bits per heavy atom. The highest BCUT2D eigenvalue weighted by molar-refractivity contribution is 5.94. The van der Waals surface area contributed by atoms with E-state index in [1.54, 1.807) is 11.2 Å². The van der Waals surface area contributed by atoms with E-state index in [-0.39, 0.29) is 17.4 Å². The smallest absolute Gasteiger partial charge is 0.410 e. The molecule has 0 spiro atoms. The Bertz CT molecular complexity index is 1880. The molecule has 0 radical (unpaired) electrons. The number of nitrogens with zero attached hydrogens (tertiary/aromatic N) is 6. The van der Waals surface area contributed by atoms with Gasteiger partial charge in [0, 0.05) is 74.5 Å². The maximum atomic E-state index is 13.5. The number of carbonyl (C=O) groups is 2. The average Bonchev–Trinajstić information content (AvgIpc) is 3.55. The van der Waals surface area contributed by atoms with Gasteiger partial charge in [0.2, 0.25) is 0 Å². The molecule has 2 aromatic carbocycles. The number of aromatic nitrogens is 3. The minimum absolute atomic E-state index is 0.127. The Hall–Kier alpha value is -4.86. The highest BCUT2D eigenvalue weighted by Gasteiger charge is 2.36. The molecular formula is C39H47N7O3. The molecule has 2 amide bonds. The first kappa shape index (κ1) is 32.7. The van der Waals surface area contributed by atoms with Gasteiger partial charge in [0.1, 0.15) is 23.4 Å². The van der Waals surface area contributed by atoms with Crippen molar-refractivity contribution in [1.29, 1.82) is 0 Å². The normalized spacial score (nSPS) is 17.2. The fourth-order valence-electron chi connectivity index (χ4n) is 7.31. The molecule has 2 aromatic heterocycles. The molecule has 10 nitrogen and oxygen atoms in total. The van der Waals surface area contributed by atoms with E-state index in [4.69, 9.17) is 4.74 Å². The second kappa shape index (κ2) is 12.5. The summed E-state index contributed by atoms with van der Waals surface area (Å²) in [5.74, 6) is 0.838. The molecular weight excluding hydrogens is 614 g/mol. The number of aryl methyl sites for hydroxylation is 1. The van der Waals surface area contributed by atoms with Gasteiger partial charge in [-0.1, -0.05) is 26.0 Å². The maximum absolute atomic E-state index is 13.5. The van der Waals surface area contributed by atoms with Gasteiger partial charge >= 0.3 is 6.09 Å². The third kappa shape index (κ3) is 7.00. The Morgan fingerprint density at radius 2 is 1.67 bits per heavy atom. The molecule has 10 heteroatoms. The molecule has 1 saturated heterocycles. The summed E-state index contributed by atoms with van der Waals surface area (Å²) in [7, 11) is 0. The lowest BCUT2D eigenvalue weighted by atomic mass is 9.90. The first-order chi connectivity index (χ1) is 23.3. The van der Waals surface area contributed by atoms with Gasteiger partial charge in [-0.25, -0.2) is 14.8 Å². The number of nitrogens with one attached hydrogen (secondary N) is 1. The Morgan fingerprint density at radius 1 is 0.918 bits per heavy atom. The molecule has 0 bridgehead atoms. The number of benzene rings is 2. The lowest BCUT2D eigenvalue weighted by molar-refractivity contribution is 0.0240. The molecule has 1 N–H and O–H groups in total. The molecule has 1 aliphatic carbocycles. The second-order valence-electron chi connectivity index (χ2n) is 15.5. The van der Waals surface area contributed by atoms with Crippen molar-refractivity contribution >= 4 is 29.2 Å². The van der Waals surface area contributed by atoms with Crippen LogP contribution in [0.2, 0.25) is 0 Å². The van der Waals surface area contributed by atoms with E-state index in [9.17, 15) is 9.59 Å². The van der Waals surface area contributed by atoms with Crippen molar-refractivity contribution in [3.8, 4) is 11.3 Å². The predicted octanol–water partition coefficient (Wildman–Crippen LogP) is 6.84. The molecule has 4 heterocycles. The fraction of sp³-hybridized carbons (Fsp3) is 0.436. The highest BCUT2D eigenvalue weighted by Crippen LogP contribution is 2.39. The van der Waals surface area contributed by atoms with Crippen LogP contribution in [0.3, 0.4) is 0 Å². The van der Waals surface area contributed by atoms with Crippen LogP contribution in [0.5, 0.6) is 0 Å². The maximum Gasteiger partial charge on any atom is 0.410 e. The van der Waals surface area contributed by atoms with Gasteiger partial charge in [-0.05, 0) is 99.0 Å². The van der Waals surface area contributed by atoms with Crippen LogP contribution in [0.25, 0.3) is 11.3 Å². The van der Waals surface area contributed by atoms with Gasteiger partial charge in [-0.3, -0.25) is 4.79 Å². The van der Waals surface area contributed by atoms with Crippen molar-refractivity contribution in [2.24, 2.45) is 5.41 Å². The summed E-state index contributed by atoms with van der Waals surface area (Å²) in [6.07, 6.45) is 3.42. The van der Waals surface area contributed by atoms with E-state index in [1.165, 1.54) is 11.3 Å². The highest BCUT2D eigenvalue weighted by atomic mass is 16.6. The SMILES string of the molecule is Cc1cc(-c2cc(Nc3ccc(N4CCN(C(=O)OC(C)(C)C)CC4)cc3)ncn2)ccc1CN1CCn2c(cc3c2CC(C)(C)C3)C1=O. The van der Waals surface area contributed by atoms with Crippen LogP contribution in [-0.4, -0.2) is 74.7 Å². The van der Waals surface area contributed by atoms with E-state index in [0.29, 0.717) is 25.5 Å². The predicted molar refractivity (Wildman–Crippen MR) is 192 cm³/mol. The molecule has 0 saturated carbocycles. The monoisotopic (exact) mass is 661 g/mol. The van der Waals surface area contributed by atoms with Crippen LogP contribution in [0.15, 0.2) is 60.9 Å². The number of piperazine rings is 1. The van der Waals surface area contributed by atoms with E-state index < -0.39 is 5.60 Å². The summed E-state index contributed by atoms with van der Waals surface area (Å²) in [6.45, 7) is 17.3. The van der Waals surface area contributed by atoms with E-state index in [0.717, 1.165) is 78.5 Å². The number of carbonyl (C=O) groups excluding carboxylic acids is 2. The zero-order valence-corrected chi connectivity index (χ0v) is 29.5. The van der Waals surface area contributed by atoms with E-state index in [1.807, 2.05) is 43.9 Å². The van der Waals surface area contributed by atoms with Crippen LogP contribution < -0.4 is 10.2 Å². The Balaban J connectivity index is 0.962. The van der Waals surface area contributed by atoms with Crippen molar-refractivity contribution in [2.45, 2.75) is 73.1 Å². The van der Waals surface area contributed by atoms with Crippen molar-refractivity contribution in [3.63, 3.8) is 0 Å². The van der Waals surface area contributed by atoms with Crippen LogP contribution in [0.1, 0.15) is 67.5 Å². The zero-order valence-electron chi connectivity index (χ0n) is 29.5. The van der Waals surface area contributed by atoms with Crippen LogP contribution in [0, 0.1) is 12.3 Å². The Labute approximate surface area is 289 Å². The van der Waals surface area contributed by atoms with Crippen molar-refractivity contribution < 1.29 is 14.3 Å². The van der Waals surface area contributed by atoms with Gasteiger partial charge in [-0.15, -0.1) is 0 Å². The second-order valence-corrected chi connectivity index (χ2v) is 15.5. The third-order valence-electron chi connectivity index (χ3n) is 9.82. The molecule has 2 aliphatic heterocycles. The van der Waals surface area contributed by atoms with Gasteiger partial charge in [0.25, 0.3) is 5.91 Å². The van der Waals surface area contributed by atoms with Crippen LogP contribution in [0.4, 0.5) is 22.0 Å². The summed E-state index contributed by atoms with van der Waals surface area (Å²) in [6, 6.07) is 18.7. The summed E-state index contributed by atoms with van der Waals surface area (Å²) >= 11 is 0. The van der Waals surface area contributed by atoms with Crippen LogP contribution in [-0.2, 0) is 30.7 Å². The van der Waals surface area contributed by atoms with E-state index in [2.05, 4.69) is 81.9 Å². The van der Waals surface area contributed by atoms with Crippen molar-refractivity contribution in [2.75, 3.05) is 42.9 Å². The molecule has 256 valence electrons. The first-order valence-electron chi connectivity index (χ1n) is 17.3. The number of rotatable bonds is 6. The van der Waals surface area contributed by atoms with E-state index >= 15 is 0 Å². The number of hydrogen-bond donors (Lipinski definition) is 1. The topological polar surface area (TPSA) is 95.8 Å². The molecule has 4 aromatic rings. The lowest BCUT2D eigenvalue weighted by Gasteiger charge is -2.36. The number of amides is 2. The Kier molecular flexibility index (Phi) is 8.37. The lowest BCUT2D eigenvalue weighted by Crippen LogP contribution is -2.50. The standard InChI is InChI=1S/C39H47N7O3/c1-26-19-27(7-8-28(26)24-45-17-18-46-33(36(45)47)20-29-22-39(5,6)23-34(29)46)32-21-35(41-25-40-32)42-30-9-11-31(12-10-30)43-13-15-44(16-14-43)37(48)49-38(2,3)4/h7-12,19-21,25H,13-18,22-24H2,1-6H3,(H,40,41,42). The zero-order chi connectivity index (χ0) is 34.5. The van der Waals surface area contributed by atoms with Crippen LogP contribution >= 0.6 is 0 Å². The van der Waals surface area contributed by atoms with Gasteiger partial charge in [-0.2, -0.15) is 0 Å². The molecule has 3 aliphatic rings. The van der Waals surface area contributed by atoms with Crippen molar-refractivity contribution in [1.82, 2.24) is 24.3 Å². The summed E-state index contributed by atoms with van der Waals surface area (Å²) < 4.78 is 7.80. The number of anilines is 3. The largest absolute Gasteiger partial charge is 0.444 e. The molecule has 1 fully saturated rings. The number of fused-ring (bicyclic) bond motifs is 3. The minimum atomic E-state index is -0.492. The third-order valence-corrected chi connectivity index (χ3v) is 9.82. The summed E-state index contributed by atoms with van der Waals surface area (Å²) in [4.78, 5) is 41.0. The van der Waals surface area contributed by atoms with Gasteiger partial charge < -0.3 is 29.3 Å². The van der Waals surface area contributed by atoms with Crippen molar-refractivity contribution in [3.05, 3.63) is 89.0 Å². The van der Waals surface area contributed by atoms with Gasteiger partial charge in [0.15, 0.2) is 0 Å². The number of ether oxygens (including phenoxy) is 1. The molecule has 49 heavy (non-hydrogen) atoms. The summed E-state index contributed by atoms with van der Waals surface area (Å²) in [5, 5.41) is 3.41. The summed E-state index contributed by atoms with van der Waals surface area (Å²) in [5.41, 5.74) is 9.48.